The van der Waals surface area contributed by atoms with Crippen molar-refractivity contribution in [2.24, 2.45) is 5.92 Å². The second-order valence-electron chi connectivity index (χ2n) is 7.74. The second kappa shape index (κ2) is 7.73. The van der Waals surface area contributed by atoms with E-state index in [9.17, 15) is 19.2 Å². The lowest BCUT2D eigenvalue weighted by molar-refractivity contribution is -0.154. The van der Waals surface area contributed by atoms with Gasteiger partial charge in [0.1, 0.15) is 6.54 Å². The number of amides is 3. The minimum atomic E-state index is -0.750. The van der Waals surface area contributed by atoms with Crippen LogP contribution in [0, 0.1) is 5.92 Å². The van der Waals surface area contributed by atoms with Crippen LogP contribution in [-0.2, 0) is 14.3 Å². The van der Waals surface area contributed by atoms with Gasteiger partial charge in [-0.1, -0.05) is 25.0 Å². The first kappa shape index (κ1) is 18.7. The molecule has 3 amide bonds. The maximum absolute atomic E-state index is 12.6. The maximum Gasteiger partial charge on any atom is 0.326 e. The molecule has 4 rings (SSSR count). The molecule has 148 valence electrons. The molecule has 1 aromatic rings. The van der Waals surface area contributed by atoms with Crippen LogP contribution >= 0.6 is 0 Å². The lowest BCUT2D eigenvalue weighted by Crippen LogP contribution is -2.51. The topological polar surface area (TPSA) is 84.0 Å². The molecule has 2 heterocycles. The highest BCUT2D eigenvalue weighted by Gasteiger charge is 2.38. The third-order valence-electron chi connectivity index (χ3n) is 6.09. The van der Waals surface area contributed by atoms with Gasteiger partial charge in [-0.2, -0.15) is 0 Å². The first-order chi connectivity index (χ1) is 13.6. The summed E-state index contributed by atoms with van der Waals surface area (Å²) < 4.78 is 5.12. The molecule has 0 N–H and O–H groups in total. The van der Waals surface area contributed by atoms with Crippen LogP contribution in [0.4, 0.5) is 0 Å². The fourth-order valence-corrected chi connectivity index (χ4v) is 4.72. The van der Waals surface area contributed by atoms with E-state index in [1.807, 2.05) is 4.90 Å². The summed E-state index contributed by atoms with van der Waals surface area (Å²) in [4.78, 5) is 52.1. The number of hydrogen-bond donors (Lipinski definition) is 0. The quantitative estimate of drug-likeness (QED) is 0.586. The highest BCUT2D eigenvalue weighted by atomic mass is 16.5. The third kappa shape index (κ3) is 3.41. The van der Waals surface area contributed by atoms with E-state index in [0.717, 1.165) is 37.0 Å². The minimum Gasteiger partial charge on any atom is -0.454 e. The Kier molecular flexibility index (Phi) is 5.15. The number of hydrogen-bond acceptors (Lipinski definition) is 5. The summed E-state index contributed by atoms with van der Waals surface area (Å²) >= 11 is 0. The largest absolute Gasteiger partial charge is 0.454 e. The van der Waals surface area contributed by atoms with Crippen LogP contribution in [0.5, 0.6) is 0 Å². The molecule has 7 nitrogen and oxygen atoms in total. The van der Waals surface area contributed by atoms with E-state index in [2.05, 4.69) is 0 Å². The van der Waals surface area contributed by atoms with Crippen molar-refractivity contribution in [3.05, 3.63) is 35.4 Å². The number of carbonyl (C=O) groups excluding carboxylic acids is 4. The molecule has 0 aromatic heterocycles. The lowest BCUT2D eigenvalue weighted by Gasteiger charge is -2.44. The van der Waals surface area contributed by atoms with E-state index in [-0.39, 0.29) is 29.7 Å². The normalized spacial score (nSPS) is 24.0. The van der Waals surface area contributed by atoms with Crippen LogP contribution in [0.2, 0.25) is 0 Å². The van der Waals surface area contributed by atoms with E-state index in [4.69, 9.17) is 4.74 Å². The van der Waals surface area contributed by atoms with E-state index >= 15 is 0 Å². The number of benzene rings is 1. The standard InChI is InChI=1S/C21H24N2O5/c24-18(22-11-5-7-14-6-1-4-10-17(14)22)13-28-19(25)12-23-20(26)15-8-2-3-9-16(15)21(23)27/h2-3,8-9,14,17H,1,4-7,10-13H2/t14-,17+/m1/s1. The molecule has 0 bridgehead atoms. The summed E-state index contributed by atoms with van der Waals surface area (Å²) in [5.74, 6) is -1.40. The molecule has 1 aromatic carbocycles. The Balaban J connectivity index is 1.32. The number of likely N-dealkylation sites (tertiary alicyclic amines) is 1. The average Bonchev–Trinajstić information content (AvgIpc) is 2.96. The molecule has 2 fully saturated rings. The Morgan fingerprint density at radius 3 is 2.32 bits per heavy atom. The molecule has 2 aliphatic heterocycles. The van der Waals surface area contributed by atoms with Crippen molar-refractivity contribution in [2.75, 3.05) is 19.7 Å². The first-order valence-electron chi connectivity index (χ1n) is 9.96. The van der Waals surface area contributed by atoms with Gasteiger partial charge in [-0.05, 0) is 43.7 Å². The number of rotatable bonds is 4. The molecule has 0 spiro atoms. The number of imide groups is 1. The molecule has 0 unspecified atom stereocenters. The van der Waals surface area contributed by atoms with Crippen LogP contribution in [0.25, 0.3) is 0 Å². The number of ether oxygens (including phenoxy) is 1. The molecule has 2 atom stereocenters. The average molecular weight is 384 g/mol. The van der Waals surface area contributed by atoms with Gasteiger partial charge in [0.15, 0.2) is 6.61 Å². The fraction of sp³-hybridized carbons (Fsp3) is 0.524. The summed E-state index contributed by atoms with van der Waals surface area (Å²) in [6.07, 6.45) is 6.67. The Hall–Kier alpha value is -2.70. The Morgan fingerprint density at radius 2 is 1.61 bits per heavy atom. The Bertz CT molecular complexity index is 784. The van der Waals surface area contributed by atoms with Crippen molar-refractivity contribution in [1.82, 2.24) is 9.80 Å². The monoisotopic (exact) mass is 384 g/mol. The molecule has 1 saturated heterocycles. The molecule has 28 heavy (non-hydrogen) atoms. The predicted octanol–water partition coefficient (Wildman–Crippen LogP) is 2.01. The summed E-state index contributed by atoms with van der Waals surface area (Å²) in [5, 5.41) is 0. The Morgan fingerprint density at radius 1 is 0.964 bits per heavy atom. The third-order valence-corrected chi connectivity index (χ3v) is 6.09. The van der Waals surface area contributed by atoms with Gasteiger partial charge < -0.3 is 9.64 Å². The number of carbonyl (C=O) groups is 4. The minimum absolute atomic E-state index is 0.188. The van der Waals surface area contributed by atoms with Crippen LogP contribution in [-0.4, -0.2) is 59.2 Å². The zero-order chi connectivity index (χ0) is 19.7. The number of fused-ring (bicyclic) bond motifs is 2. The van der Waals surface area contributed by atoms with Crippen molar-refractivity contribution in [3.8, 4) is 0 Å². The van der Waals surface area contributed by atoms with Gasteiger partial charge in [-0.25, -0.2) is 0 Å². The van der Waals surface area contributed by atoms with Crippen LogP contribution < -0.4 is 0 Å². The molecular weight excluding hydrogens is 360 g/mol. The van der Waals surface area contributed by atoms with Gasteiger partial charge in [-0.15, -0.1) is 0 Å². The van der Waals surface area contributed by atoms with Crippen molar-refractivity contribution in [1.29, 1.82) is 0 Å². The number of esters is 1. The lowest BCUT2D eigenvalue weighted by atomic mass is 9.78. The number of nitrogens with zero attached hydrogens (tertiary/aromatic N) is 2. The smallest absolute Gasteiger partial charge is 0.326 e. The zero-order valence-corrected chi connectivity index (χ0v) is 15.8. The highest BCUT2D eigenvalue weighted by Crippen LogP contribution is 2.35. The molecule has 7 heteroatoms. The van der Waals surface area contributed by atoms with Gasteiger partial charge in [-0.3, -0.25) is 24.1 Å². The molecular formula is C21H24N2O5. The zero-order valence-electron chi connectivity index (χ0n) is 15.8. The van der Waals surface area contributed by atoms with Crippen molar-refractivity contribution in [3.63, 3.8) is 0 Å². The molecule has 1 saturated carbocycles. The van der Waals surface area contributed by atoms with E-state index < -0.39 is 24.3 Å². The summed E-state index contributed by atoms with van der Waals surface area (Å²) in [6.45, 7) is -0.118. The summed E-state index contributed by atoms with van der Waals surface area (Å²) in [6, 6.07) is 6.71. The van der Waals surface area contributed by atoms with E-state index in [1.165, 1.54) is 6.42 Å². The maximum atomic E-state index is 12.6. The first-order valence-corrected chi connectivity index (χ1v) is 9.96. The summed E-state index contributed by atoms with van der Waals surface area (Å²) in [5.41, 5.74) is 0.570. The predicted molar refractivity (Wildman–Crippen MR) is 99.5 cm³/mol. The summed E-state index contributed by atoms with van der Waals surface area (Å²) in [7, 11) is 0. The van der Waals surface area contributed by atoms with Crippen LogP contribution in [0.3, 0.4) is 0 Å². The van der Waals surface area contributed by atoms with Crippen molar-refractivity contribution >= 4 is 23.7 Å². The van der Waals surface area contributed by atoms with Gasteiger partial charge >= 0.3 is 5.97 Å². The van der Waals surface area contributed by atoms with E-state index in [1.54, 1.807) is 24.3 Å². The second-order valence-corrected chi connectivity index (χ2v) is 7.74. The molecule has 0 radical (unpaired) electrons. The van der Waals surface area contributed by atoms with Gasteiger partial charge in [0.05, 0.1) is 11.1 Å². The van der Waals surface area contributed by atoms with Gasteiger partial charge in [0, 0.05) is 12.6 Å². The van der Waals surface area contributed by atoms with Crippen LogP contribution in [0.1, 0.15) is 59.2 Å². The van der Waals surface area contributed by atoms with Crippen molar-refractivity contribution < 1.29 is 23.9 Å². The highest BCUT2D eigenvalue weighted by molar-refractivity contribution is 6.22. The van der Waals surface area contributed by atoms with Crippen LogP contribution in [0.15, 0.2) is 24.3 Å². The van der Waals surface area contributed by atoms with E-state index in [0.29, 0.717) is 12.5 Å². The van der Waals surface area contributed by atoms with Crippen molar-refractivity contribution in [2.45, 2.75) is 44.6 Å². The molecule has 1 aliphatic carbocycles. The number of piperidine rings is 1. The van der Waals surface area contributed by atoms with Gasteiger partial charge in [0.2, 0.25) is 0 Å². The fourth-order valence-electron chi connectivity index (χ4n) is 4.72. The Labute approximate surface area is 163 Å². The molecule has 3 aliphatic rings. The SMILES string of the molecule is O=C(CN1C(=O)c2ccccc2C1=O)OCC(=O)N1CCC[C@H]2CCCC[C@@H]21. The van der Waals surface area contributed by atoms with Gasteiger partial charge in [0.25, 0.3) is 17.7 Å².